The minimum absolute atomic E-state index is 0. The number of hydrogen-bond donors (Lipinski definition) is 1. The summed E-state index contributed by atoms with van der Waals surface area (Å²) in [7, 11) is 1.28. The highest BCUT2D eigenvalue weighted by Gasteiger charge is 2.42. The van der Waals surface area contributed by atoms with Crippen molar-refractivity contribution in [2.75, 3.05) is 20.2 Å². The number of alkyl carbamates (subject to hydrolysis) is 1. The maximum atomic E-state index is 12.4. The Morgan fingerprint density at radius 1 is 1.16 bits per heavy atom. The molecule has 2 rings (SSSR count). The molecule has 0 aliphatic carbocycles. The number of nitrogens with one attached hydrogen (secondary N) is 1. The summed E-state index contributed by atoms with van der Waals surface area (Å²) in [6, 6.07) is 8.62. The van der Waals surface area contributed by atoms with Crippen molar-refractivity contribution in [1.82, 2.24) is 10.2 Å². The van der Waals surface area contributed by atoms with Crippen LogP contribution in [0.1, 0.15) is 54.5 Å². The molecule has 8 heteroatoms. The Morgan fingerprint density at radius 2 is 1.77 bits per heavy atom. The molecule has 31 heavy (non-hydrogen) atoms. The summed E-state index contributed by atoms with van der Waals surface area (Å²) in [5.41, 5.74) is 0.218. The van der Waals surface area contributed by atoms with Crippen molar-refractivity contribution in [3.05, 3.63) is 35.9 Å². The number of ether oxygens (including phenoxy) is 3. The molecule has 1 aromatic carbocycles. The first-order valence-corrected chi connectivity index (χ1v) is 10.6. The van der Waals surface area contributed by atoms with Gasteiger partial charge in [-0.2, -0.15) is 0 Å². The van der Waals surface area contributed by atoms with E-state index >= 15 is 0 Å². The number of hydrogen-bond acceptors (Lipinski definition) is 6. The minimum Gasteiger partial charge on any atom is -0.467 e. The monoisotopic (exact) mass is 438 g/mol. The lowest BCUT2D eigenvalue weighted by Gasteiger charge is -2.27. The van der Waals surface area contributed by atoms with Crippen LogP contribution in [0.3, 0.4) is 0 Å². The zero-order valence-electron chi connectivity index (χ0n) is 19.5. The number of esters is 1. The van der Waals surface area contributed by atoms with Crippen LogP contribution in [-0.4, -0.2) is 54.9 Å². The molecule has 1 aliphatic rings. The third kappa shape index (κ3) is 9.72. The molecule has 0 radical (unpaired) electrons. The molecule has 1 aromatic rings. The molecular weight excluding hydrogens is 400 g/mol. The van der Waals surface area contributed by atoms with Crippen LogP contribution in [-0.2, 0) is 25.6 Å². The van der Waals surface area contributed by atoms with Gasteiger partial charge in [-0.25, -0.2) is 14.4 Å². The van der Waals surface area contributed by atoms with Crippen LogP contribution < -0.4 is 5.32 Å². The van der Waals surface area contributed by atoms with Crippen LogP contribution >= 0.6 is 0 Å². The quantitative estimate of drug-likeness (QED) is 0.542. The van der Waals surface area contributed by atoms with Crippen molar-refractivity contribution in [3.8, 4) is 0 Å². The summed E-state index contributed by atoms with van der Waals surface area (Å²) in [6.45, 7) is 10.3. The van der Waals surface area contributed by atoms with Crippen LogP contribution in [0.15, 0.2) is 30.3 Å². The van der Waals surface area contributed by atoms with Crippen molar-refractivity contribution in [2.45, 2.75) is 65.7 Å². The third-order valence-electron chi connectivity index (χ3n) is 4.24. The van der Waals surface area contributed by atoms with E-state index in [0.717, 1.165) is 5.56 Å². The first-order chi connectivity index (χ1) is 14.6. The molecule has 0 aromatic heterocycles. The van der Waals surface area contributed by atoms with Crippen LogP contribution in [0.5, 0.6) is 0 Å². The lowest BCUT2D eigenvalue weighted by Crippen LogP contribution is -2.44. The lowest BCUT2D eigenvalue weighted by atomic mass is 10.1. The van der Waals surface area contributed by atoms with Crippen molar-refractivity contribution in [2.24, 2.45) is 5.92 Å². The van der Waals surface area contributed by atoms with Crippen molar-refractivity contribution in [3.63, 3.8) is 0 Å². The van der Waals surface area contributed by atoms with E-state index in [4.69, 9.17) is 14.2 Å². The van der Waals surface area contributed by atoms with E-state index in [1.807, 2.05) is 30.3 Å². The highest BCUT2D eigenvalue weighted by Crippen LogP contribution is 2.26. The van der Waals surface area contributed by atoms with E-state index in [2.05, 4.69) is 19.2 Å². The standard InChI is InChI=1S/C20H28N2O6.C3H8.H2/c1-20(2,3)28-19(25)22-12-15(10-16(22)17(23)26-4)11-21-18(24)27-13-14-8-6-5-7-9-14;1-3-2;/h5-9,15-16H,10-13H2,1-4H3,(H,21,24);3H2,1-2H3;1H/t15-,16-;;/m0../s1. The van der Waals surface area contributed by atoms with Crippen LogP contribution in [0.4, 0.5) is 9.59 Å². The number of likely N-dealkylation sites (tertiary alicyclic amines) is 1. The number of benzene rings is 1. The fourth-order valence-corrected chi connectivity index (χ4v) is 2.95. The summed E-state index contributed by atoms with van der Waals surface area (Å²) in [5.74, 6) is -0.610. The molecule has 1 fully saturated rings. The van der Waals surface area contributed by atoms with Gasteiger partial charge in [0.05, 0.1) is 7.11 Å². The predicted octanol–water partition coefficient (Wildman–Crippen LogP) is 4.37. The molecule has 1 saturated heterocycles. The maximum absolute atomic E-state index is 12.4. The molecule has 1 heterocycles. The van der Waals surface area contributed by atoms with Crippen molar-refractivity contribution >= 4 is 18.2 Å². The molecular formula is C23H38N2O6. The maximum Gasteiger partial charge on any atom is 0.411 e. The van der Waals surface area contributed by atoms with Crippen LogP contribution in [0.2, 0.25) is 0 Å². The van der Waals surface area contributed by atoms with Gasteiger partial charge in [-0.15, -0.1) is 0 Å². The van der Waals surface area contributed by atoms with Crippen LogP contribution in [0.25, 0.3) is 0 Å². The van der Waals surface area contributed by atoms with E-state index in [-0.39, 0.29) is 27.0 Å². The summed E-state index contributed by atoms with van der Waals surface area (Å²) in [6.07, 6.45) is 0.511. The van der Waals surface area contributed by atoms with Crippen molar-refractivity contribution in [1.29, 1.82) is 0 Å². The van der Waals surface area contributed by atoms with E-state index in [1.54, 1.807) is 20.8 Å². The summed E-state index contributed by atoms with van der Waals surface area (Å²) >= 11 is 0. The second-order valence-corrected chi connectivity index (χ2v) is 8.42. The van der Waals surface area contributed by atoms with Gasteiger partial charge in [0, 0.05) is 14.5 Å². The molecule has 8 nitrogen and oxygen atoms in total. The second-order valence-electron chi connectivity index (χ2n) is 8.42. The summed E-state index contributed by atoms with van der Waals surface area (Å²) in [4.78, 5) is 37.7. The molecule has 0 bridgehead atoms. The first kappa shape index (κ1) is 26.3. The zero-order valence-corrected chi connectivity index (χ0v) is 19.5. The Bertz CT molecular complexity index is 708. The molecule has 1 N–H and O–H groups in total. The largest absolute Gasteiger partial charge is 0.467 e. The fraction of sp³-hybridized carbons (Fsp3) is 0.609. The predicted molar refractivity (Wildman–Crippen MR) is 120 cm³/mol. The Balaban J connectivity index is 0.00000227. The van der Waals surface area contributed by atoms with Gasteiger partial charge in [-0.05, 0) is 38.7 Å². The first-order valence-electron chi connectivity index (χ1n) is 10.6. The Kier molecular flexibility index (Phi) is 10.9. The average molecular weight is 439 g/mol. The smallest absolute Gasteiger partial charge is 0.411 e. The second kappa shape index (κ2) is 12.8. The highest BCUT2D eigenvalue weighted by molar-refractivity contribution is 5.82. The third-order valence-corrected chi connectivity index (χ3v) is 4.24. The number of carbonyl (C=O) groups is 3. The van der Waals surface area contributed by atoms with Gasteiger partial charge in [0.25, 0.3) is 0 Å². The van der Waals surface area contributed by atoms with Gasteiger partial charge >= 0.3 is 18.2 Å². The molecule has 176 valence electrons. The number of rotatable bonds is 5. The van der Waals surface area contributed by atoms with Gasteiger partial charge in [-0.1, -0.05) is 50.6 Å². The van der Waals surface area contributed by atoms with E-state index in [0.29, 0.717) is 6.42 Å². The normalized spacial score (nSPS) is 17.8. The minimum atomic E-state index is -0.730. The molecule has 2 amide bonds. The van der Waals surface area contributed by atoms with E-state index in [9.17, 15) is 14.4 Å². The SMILES string of the molecule is CCC.COC(=O)[C@@H]1C[C@@H](CNC(=O)OCc2ccccc2)CN1C(=O)OC(C)(C)C.[HH]. The van der Waals surface area contributed by atoms with E-state index in [1.165, 1.54) is 18.4 Å². The van der Waals surface area contributed by atoms with Gasteiger partial charge < -0.3 is 19.5 Å². The Hall–Kier alpha value is -2.77. The molecule has 0 saturated carbocycles. The topological polar surface area (TPSA) is 94.2 Å². The average Bonchev–Trinajstić information content (AvgIpc) is 3.15. The van der Waals surface area contributed by atoms with Crippen LogP contribution in [0, 0.1) is 5.92 Å². The number of amides is 2. The van der Waals surface area contributed by atoms with Gasteiger partial charge in [-0.3, -0.25) is 4.90 Å². The highest BCUT2D eigenvalue weighted by atomic mass is 16.6. The zero-order chi connectivity index (χ0) is 23.4. The van der Waals surface area contributed by atoms with Gasteiger partial charge in [0.15, 0.2) is 0 Å². The molecule has 0 spiro atoms. The lowest BCUT2D eigenvalue weighted by molar-refractivity contribution is -0.145. The summed E-state index contributed by atoms with van der Waals surface area (Å²) < 4.78 is 15.4. The Morgan fingerprint density at radius 3 is 2.32 bits per heavy atom. The number of methoxy groups -OCH3 is 1. The number of carbonyl (C=O) groups excluding carboxylic acids is 3. The number of nitrogens with zero attached hydrogens (tertiary/aromatic N) is 1. The Labute approximate surface area is 186 Å². The summed E-state index contributed by atoms with van der Waals surface area (Å²) in [5, 5.41) is 2.69. The van der Waals surface area contributed by atoms with Gasteiger partial charge in [0.2, 0.25) is 0 Å². The van der Waals surface area contributed by atoms with Crippen molar-refractivity contribution < 1.29 is 30.0 Å². The fourth-order valence-electron chi connectivity index (χ4n) is 2.95. The molecule has 2 atom stereocenters. The van der Waals surface area contributed by atoms with Gasteiger partial charge in [0.1, 0.15) is 18.2 Å². The molecule has 0 unspecified atom stereocenters. The van der Waals surface area contributed by atoms with E-state index < -0.39 is 29.8 Å². The molecule has 1 aliphatic heterocycles.